The van der Waals surface area contributed by atoms with E-state index in [-0.39, 0.29) is 5.54 Å². The van der Waals surface area contributed by atoms with Crippen molar-refractivity contribution in [3.8, 4) is 0 Å². The van der Waals surface area contributed by atoms with Crippen LogP contribution in [0.25, 0.3) is 0 Å². The van der Waals surface area contributed by atoms with Crippen molar-refractivity contribution >= 4 is 5.69 Å². The summed E-state index contributed by atoms with van der Waals surface area (Å²) in [6.45, 7) is 5.26. The van der Waals surface area contributed by atoms with Gasteiger partial charge in [0.2, 0.25) is 0 Å². The van der Waals surface area contributed by atoms with Gasteiger partial charge in [0.1, 0.15) is 0 Å². The first-order valence-corrected chi connectivity index (χ1v) is 7.62. The van der Waals surface area contributed by atoms with E-state index in [0.29, 0.717) is 0 Å². The third-order valence-electron chi connectivity index (χ3n) is 5.07. The maximum atomic E-state index is 6.20. The number of benzene rings is 1. The maximum Gasteiger partial charge on any atom is 0.0523 e. The van der Waals surface area contributed by atoms with E-state index in [1.165, 1.54) is 43.4 Å². The molecule has 1 saturated carbocycles. The summed E-state index contributed by atoms with van der Waals surface area (Å²) in [5, 5.41) is 0. The van der Waals surface area contributed by atoms with E-state index in [2.05, 4.69) is 50.1 Å². The first-order chi connectivity index (χ1) is 9.13. The van der Waals surface area contributed by atoms with Crippen LogP contribution in [0.1, 0.15) is 44.6 Å². The van der Waals surface area contributed by atoms with E-state index in [1.807, 2.05) is 0 Å². The third-order valence-corrected chi connectivity index (χ3v) is 5.07. The maximum absolute atomic E-state index is 6.20. The molecule has 106 valence electrons. The number of hydrogen-bond acceptors (Lipinski definition) is 2. The Bertz CT molecular complexity index is 415. The van der Waals surface area contributed by atoms with Gasteiger partial charge in [-0.3, -0.25) is 0 Å². The predicted molar refractivity (Wildman–Crippen MR) is 83.6 cm³/mol. The Morgan fingerprint density at radius 2 is 2.11 bits per heavy atom. The van der Waals surface area contributed by atoms with E-state index in [0.717, 1.165) is 12.5 Å². The minimum absolute atomic E-state index is 0.158. The van der Waals surface area contributed by atoms with Crippen LogP contribution in [0.3, 0.4) is 0 Å². The van der Waals surface area contributed by atoms with Crippen molar-refractivity contribution in [1.29, 1.82) is 0 Å². The molecule has 0 bridgehead atoms. The molecular formula is C17H28N2. The molecule has 2 atom stereocenters. The summed E-state index contributed by atoms with van der Waals surface area (Å²) >= 11 is 0. The summed E-state index contributed by atoms with van der Waals surface area (Å²) in [5.41, 5.74) is 9.04. The zero-order chi connectivity index (χ0) is 13.9. The van der Waals surface area contributed by atoms with E-state index in [4.69, 9.17) is 5.73 Å². The van der Waals surface area contributed by atoms with Gasteiger partial charge in [-0.2, -0.15) is 0 Å². The molecule has 0 amide bonds. The third kappa shape index (κ3) is 2.79. The second-order valence-electron chi connectivity index (χ2n) is 6.14. The Morgan fingerprint density at radius 3 is 2.74 bits per heavy atom. The van der Waals surface area contributed by atoms with Crippen molar-refractivity contribution in [3.63, 3.8) is 0 Å². The van der Waals surface area contributed by atoms with Gasteiger partial charge >= 0.3 is 0 Å². The van der Waals surface area contributed by atoms with Crippen molar-refractivity contribution < 1.29 is 0 Å². The van der Waals surface area contributed by atoms with Crippen LogP contribution in [-0.2, 0) is 0 Å². The SMILES string of the molecule is CCC1CCCC(CN)(N(C)c2ccccc2C)C1. The van der Waals surface area contributed by atoms with Gasteiger partial charge in [0, 0.05) is 19.3 Å². The molecule has 1 aromatic carbocycles. The topological polar surface area (TPSA) is 29.3 Å². The van der Waals surface area contributed by atoms with Crippen molar-refractivity contribution in [2.75, 3.05) is 18.5 Å². The van der Waals surface area contributed by atoms with Crippen LogP contribution in [0.2, 0.25) is 0 Å². The Kier molecular flexibility index (Phi) is 4.51. The average molecular weight is 260 g/mol. The lowest BCUT2D eigenvalue weighted by Gasteiger charge is -2.48. The molecule has 1 aliphatic carbocycles. The van der Waals surface area contributed by atoms with E-state index in [9.17, 15) is 0 Å². The van der Waals surface area contributed by atoms with Gasteiger partial charge in [0.15, 0.2) is 0 Å². The average Bonchev–Trinajstić information content (AvgIpc) is 2.47. The number of rotatable bonds is 4. The number of anilines is 1. The van der Waals surface area contributed by atoms with Crippen molar-refractivity contribution in [2.24, 2.45) is 11.7 Å². The molecule has 2 rings (SSSR count). The number of hydrogen-bond donors (Lipinski definition) is 1. The van der Waals surface area contributed by atoms with Gasteiger partial charge in [-0.1, -0.05) is 44.4 Å². The van der Waals surface area contributed by atoms with Crippen LogP contribution in [-0.4, -0.2) is 19.1 Å². The van der Waals surface area contributed by atoms with Crippen LogP contribution in [0.5, 0.6) is 0 Å². The molecule has 1 fully saturated rings. The Morgan fingerprint density at radius 1 is 1.37 bits per heavy atom. The van der Waals surface area contributed by atoms with E-state index >= 15 is 0 Å². The number of likely N-dealkylation sites (N-methyl/N-ethyl adjacent to an activating group) is 1. The quantitative estimate of drug-likeness (QED) is 0.894. The Hall–Kier alpha value is -1.02. The standard InChI is InChI=1S/C17H28N2/c1-4-15-9-7-11-17(12-15,13-18)19(3)16-10-6-5-8-14(16)2/h5-6,8,10,15H,4,7,9,11-13,18H2,1-3H3. The van der Waals surface area contributed by atoms with Gasteiger partial charge in [-0.05, 0) is 37.3 Å². The molecule has 1 aromatic rings. The highest BCUT2D eigenvalue weighted by atomic mass is 15.2. The molecule has 19 heavy (non-hydrogen) atoms. The lowest BCUT2D eigenvalue weighted by Crippen LogP contribution is -2.55. The number of nitrogens with zero attached hydrogens (tertiary/aromatic N) is 1. The fourth-order valence-corrected chi connectivity index (χ4v) is 3.63. The number of para-hydroxylation sites is 1. The van der Waals surface area contributed by atoms with Gasteiger partial charge in [0.05, 0.1) is 5.54 Å². The van der Waals surface area contributed by atoms with Crippen molar-refractivity contribution in [2.45, 2.75) is 51.5 Å². The second kappa shape index (κ2) is 5.96. The fourth-order valence-electron chi connectivity index (χ4n) is 3.63. The minimum Gasteiger partial charge on any atom is -0.367 e. The lowest BCUT2D eigenvalue weighted by molar-refractivity contribution is 0.218. The molecule has 0 heterocycles. The molecule has 2 unspecified atom stereocenters. The van der Waals surface area contributed by atoms with Gasteiger partial charge in [0.25, 0.3) is 0 Å². The Balaban J connectivity index is 2.28. The van der Waals surface area contributed by atoms with Crippen molar-refractivity contribution in [3.05, 3.63) is 29.8 Å². The molecule has 1 aliphatic rings. The zero-order valence-electron chi connectivity index (χ0n) is 12.7. The van der Waals surface area contributed by atoms with Crippen LogP contribution in [0, 0.1) is 12.8 Å². The minimum atomic E-state index is 0.158. The molecule has 2 nitrogen and oxygen atoms in total. The van der Waals surface area contributed by atoms with E-state index < -0.39 is 0 Å². The highest BCUT2D eigenvalue weighted by molar-refractivity contribution is 5.54. The number of aryl methyl sites for hydroxylation is 1. The summed E-state index contributed by atoms with van der Waals surface area (Å²) < 4.78 is 0. The summed E-state index contributed by atoms with van der Waals surface area (Å²) in [6.07, 6.45) is 6.44. The molecular weight excluding hydrogens is 232 g/mol. The van der Waals surface area contributed by atoms with Crippen LogP contribution in [0.4, 0.5) is 5.69 Å². The molecule has 0 aromatic heterocycles. The molecule has 0 radical (unpaired) electrons. The highest BCUT2D eigenvalue weighted by Crippen LogP contribution is 2.39. The highest BCUT2D eigenvalue weighted by Gasteiger charge is 2.38. The van der Waals surface area contributed by atoms with Gasteiger partial charge in [-0.25, -0.2) is 0 Å². The molecule has 2 heteroatoms. The van der Waals surface area contributed by atoms with Gasteiger partial charge < -0.3 is 10.6 Å². The smallest absolute Gasteiger partial charge is 0.0523 e. The summed E-state index contributed by atoms with van der Waals surface area (Å²) in [7, 11) is 2.23. The zero-order valence-corrected chi connectivity index (χ0v) is 12.7. The largest absolute Gasteiger partial charge is 0.367 e. The predicted octanol–water partition coefficient (Wildman–Crippen LogP) is 3.73. The normalized spacial score (nSPS) is 27.3. The van der Waals surface area contributed by atoms with Crippen LogP contribution in [0.15, 0.2) is 24.3 Å². The number of nitrogens with two attached hydrogens (primary N) is 1. The summed E-state index contributed by atoms with van der Waals surface area (Å²) in [5.74, 6) is 0.837. The molecule has 0 spiro atoms. The van der Waals surface area contributed by atoms with Gasteiger partial charge in [-0.15, -0.1) is 0 Å². The lowest BCUT2D eigenvalue weighted by atomic mass is 9.73. The molecule has 0 saturated heterocycles. The molecule has 2 N–H and O–H groups in total. The van der Waals surface area contributed by atoms with E-state index in [1.54, 1.807) is 0 Å². The van der Waals surface area contributed by atoms with Crippen LogP contribution >= 0.6 is 0 Å². The second-order valence-corrected chi connectivity index (χ2v) is 6.14. The fraction of sp³-hybridized carbons (Fsp3) is 0.647. The van der Waals surface area contributed by atoms with Crippen LogP contribution < -0.4 is 10.6 Å². The van der Waals surface area contributed by atoms with Crippen molar-refractivity contribution in [1.82, 2.24) is 0 Å². The molecule has 0 aliphatic heterocycles. The summed E-state index contributed by atoms with van der Waals surface area (Å²) in [4.78, 5) is 2.46. The first kappa shape index (κ1) is 14.4. The Labute approximate surface area is 118 Å². The monoisotopic (exact) mass is 260 g/mol. The first-order valence-electron chi connectivity index (χ1n) is 7.62. The summed E-state index contributed by atoms with van der Waals surface area (Å²) in [6, 6.07) is 8.65.